The smallest absolute Gasteiger partial charge is 0.369 e. The average Bonchev–Trinajstić information content (AvgIpc) is 2.82. The molecule has 2 N–H and O–H groups in total. The number of halogens is 3. The van der Waals surface area contributed by atoms with Crippen LogP contribution in [0.15, 0.2) is 18.6 Å². The molecule has 0 bridgehead atoms. The Morgan fingerprint density at radius 2 is 2.14 bits per heavy atom. The van der Waals surface area contributed by atoms with E-state index < -0.39 is 18.6 Å². The molecular formula is C13H18F3N5. The number of aromatic nitrogens is 3. The van der Waals surface area contributed by atoms with Crippen molar-refractivity contribution in [3.05, 3.63) is 18.6 Å². The van der Waals surface area contributed by atoms with Crippen molar-refractivity contribution in [1.82, 2.24) is 14.4 Å². The van der Waals surface area contributed by atoms with Crippen LogP contribution in [0.5, 0.6) is 0 Å². The number of nitrogens with zero attached hydrogens (tertiary/aromatic N) is 3. The molecular weight excluding hydrogens is 283 g/mol. The van der Waals surface area contributed by atoms with Gasteiger partial charge in [0, 0.05) is 25.0 Å². The average molecular weight is 301 g/mol. The van der Waals surface area contributed by atoms with E-state index in [-0.39, 0.29) is 0 Å². The molecule has 0 spiro atoms. The van der Waals surface area contributed by atoms with Crippen molar-refractivity contribution >= 4 is 17.3 Å². The van der Waals surface area contributed by atoms with Gasteiger partial charge in [0.05, 0.1) is 12.6 Å². The maximum absolute atomic E-state index is 12.4. The first-order valence-electron chi connectivity index (χ1n) is 6.80. The maximum atomic E-state index is 12.4. The number of hydrogen-bond donors (Lipinski definition) is 2. The first-order valence-corrected chi connectivity index (χ1v) is 6.80. The number of hydrogen-bond acceptors (Lipinski definition) is 4. The largest absolute Gasteiger partial charge is 0.391 e. The zero-order valence-electron chi connectivity index (χ0n) is 11.9. The molecule has 8 heteroatoms. The minimum Gasteiger partial charge on any atom is -0.369 e. The van der Waals surface area contributed by atoms with Crippen LogP contribution in [0.25, 0.3) is 5.65 Å². The number of anilines is 2. The molecule has 0 saturated heterocycles. The molecule has 116 valence electrons. The Morgan fingerprint density at radius 1 is 1.38 bits per heavy atom. The van der Waals surface area contributed by atoms with Crippen molar-refractivity contribution in [3.8, 4) is 0 Å². The van der Waals surface area contributed by atoms with Crippen molar-refractivity contribution in [1.29, 1.82) is 0 Å². The molecule has 1 unspecified atom stereocenters. The summed E-state index contributed by atoms with van der Waals surface area (Å²) in [6, 6.07) is -0.778. The minimum absolute atomic E-state index is 0.345. The number of alkyl halides is 3. The second kappa shape index (κ2) is 6.19. The molecule has 2 aromatic heterocycles. The molecule has 2 aromatic rings. The van der Waals surface area contributed by atoms with E-state index >= 15 is 0 Å². The highest BCUT2D eigenvalue weighted by molar-refractivity contribution is 5.65. The molecule has 0 aliphatic rings. The first kappa shape index (κ1) is 15.4. The van der Waals surface area contributed by atoms with Crippen molar-refractivity contribution in [3.63, 3.8) is 0 Å². The van der Waals surface area contributed by atoms with Crippen LogP contribution in [0.3, 0.4) is 0 Å². The van der Waals surface area contributed by atoms with Crippen molar-refractivity contribution in [2.45, 2.75) is 38.9 Å². The fourth-order valence-corrected chi connectivity index (χ4v) is 2.00. The van der Waals surface area contributed by atoms with Gasteiger partial charge < -0.3 is 15.0 Å². The van der Waals surface area contributed by atoms with Gasteiger partial charge in [-0.1, -0.05) is 6.92 Å². The fourth-order valence-electron chi connectivity index (χ4n) is 2.00. The van der Waals surface area contributed by atoms with Gasteiger partial charge in [-0.25, -0.2) is 9.97 Å². The van der Waals surface area contributed by atoms with Gasteiger partial charge in [0.2, 0.25) is 0 Å². The normalized spacial score (nSPS) is 13.4. The van der Waals surface area contributed by atoms with Gasteiger partial charge in [0.25, 0.3) is 0 Å². The standard InChI is InChI=1S/C13H18F3N5/c1-3-4-17-10-8-21-6-5-18-12(21)11(20-10)19-9(2)7-13(14,15)16/h5-6,8-9,17H,3-4,7H2,1-2H3,(H,19,20). The van der Waals surface area contributed by atoms with E-state index in [9.17, 15) is 13.2 Å². The summed E-state index contributed by atoms with van der Waals surface area (Å²) in [5, 5.41) is 5.91. The van der Waals surface area contributed by atoms with E-state index in [2.05, 4.69) is 20.6 Å². The summed E-state index contributed by atoms with van der Waals surface area (Å²) < 4.78 is 39.0. The third kappa shape index (κ3) is 4.24. The Kier molecular flexibility index (Phi) is 4.54. The van der Waals surface area contributed by atoms with Crippen LogP contribution < -0.4 is 10.6 Å². The Balaban J connectivity index is 2.22. The summed E-state index contributed by atoms with van der Waals surface area (Å²) in [6.45, 7) is 4.23. The highest BCUT2D eigenvalue weighted by Crippen LogP contribution is 2.24. The van der Waals surface area contributed by atoms with E-state index in [0.717, 1.165) is 13.0 Å². The summed E-state index contributed by atoms with van der Waals surface area (Å²) >= 11 is 0. The van der Waals surface area contributed by atoms with Crippen molar-refractivity contribution in [2.24, 2.45) is 0 Å². The monoisotopic (exact) mass is 301 g/mol. The van der Waals surface area contributed by atoms with Gasteiger partial charge in [-0.05, 0) is 13.3 Å². The molecule has 0 aromatic carbocycles. The second-order valence-electron chi connectivity index (χ2n) is 4.92. The third-order valence-corrected chi connectivity index (χ3v) is 2.85. The Labute approximate surface area is 120 Å². The SMILES string of the molecule is CCCNc1cn2ccnc2c(NC(C)CC(F)(F)F)n1. The lowest BCUT2D eigenvalue weighted by atomic mass is 10.2. The van der Waals surface area contributed by atoms with Crippen LogP contribution in [0, 0.1) is 0 Å². The Hall–Kier alpha value is -1.99. The van der Waals surface area contributed by atoms with E-state index in [0.29, 0.717) is 17.3 Å². The summed E-state index contributed by atoms with van der Waals surface area (Å²) in [5.74, 6) is 0.946. The summed E-state index contributed by atoms with van der Waals surface area (Å²) in [4.78, 5) is 8.43. The van der Waals surface area contributed by atoms with Crippen LogP contribution >= 0.6 is 0 Å². The topological polar surface area (TPSA) is 54.2 Å². The van der Waals surface area contributed by atoms with E-state index in [4.69, 9.17) is 0 Å². The maximum Gasteiger partial charge on any atom is 0.391 e. The molecule has 1 atom stereocenters. The van der Waals surface area contributed by atoms with Crippen molar-refractivity contribution < 1.29 is 13.2 Å². The van der Waals surface area contributed by atoms with Crippen LogP contribution in [0.4, 0.5) is 24.8 Å². The number of fused-ring (bicyclic) bond motifs is 1. The second-order valence-corrected chi connectivity index (χ2v) is 4.92. The number of imidazole rings is 1. The molecule has 0 saturated carbocycles. The summed E-state index contributed by atoms with van der Waals surface area (Å²) in [7, 11) is 0. The highest BCUT2D eigenvalue weighted by Gasteiger charge is 2.30. The molecule has 2 rings (SSSR count). The lowest BCUT2D eigenvalue weighted by molar-refractivity contribution is -0.136. The Bertz CT molecular complexity index is 593. The summed E-state index contributed by atoms with van der Waals surface area (Å²) in [5.41, 5.74) is 0.506. The molecule has 0 aliphatic heterocycles. The first-order chi connectivity index (χ1) is 9.89. The highest BCUT2D eigenvalue weighted by atomic mass is 19.4. The predicted octanol–water partition coefficient (Wildman–Crippen LogP) is 3.30. The van der Waals surface area contributed by atoms with Crippen LogP contribution in [0.1, 0.15) is 26.7 Å². The van der Waals surface area contributed by atoms with Gasteiger partial charge in [0.1, 0.15) is 5.82 Å². The molecule has 0 fully saturated rings. The number of rotatable bonds is 6. The van der Waals surface area contributed by atoms with Gasteiger partial charge in [0.15, 0.2) is 11.5 Å². The fraction of sp³-hybridized carbons (Fsp3) is 0.538. The molecule has 0 radical (unpaired) electrons. The van der Waals surface area contributed by atoms with Gasteiger partial charge in [-0.3, -0.25) is 0 Å². The van der Waals surface area contributed by atoms with E-state index in [1.165, 1.54) is 6.92 Å². The van der Waals surface area contributed by atoms with Crippen LogP contribution in [-0.2, 0) is 0 Å². The number of nitrogens with one attached hydrogen (secondary N) is 2. The van der Waals surface area contributed by atoms with Gasteiger partial charge in [-0.15, -0.1) is 0 Å². The molecule has 2 heterocycles. The third-order valence-electron chi connectivity index (χ3n) is 2.85. The zero-order valence-corrected chi connectivity index (χ0v) is 11.9. The van der Waals surface area contributed by atoms with Gasteiger partial charge >= 0.3 is 6.18 Å². The summed E-state index contributed by atoms with van der Waals surface area (Å²) in [6.07, 6.45) is 0.868. The predicted molar refractivity (Wildman–Crippen MR) is 75.5 cm³/mol. The molecule has 21 heavy (non-hydrogen) atoms. The lowest BCUT2D eigenvalue weighted by Crippen LogP contribution is -2.24. The quantitative estimate of drug-likeness (QED) is 0.859. The zero-order chi connectivity index (χ0) is 15.5. The molecule has 0 aliphatic carbocycles. The minimum atomic E-state index is -4.21. The lowest BCUT2D eigenvalue weighted by Gasteiger charge is -2.17. The van der Waals surface area contributed by atoms with E-state index in [1.54, 1.807) is 23.0 Å². The Morgan fingerprint density at radius 3 is 2.81 bits per heavy atom. The van der Waals surface area contributed by atoms with Crippen LogP contribution in [-0.4, -0.2) is 33.1 Å². The van der Waals surface area contributed by atoms with E-state index in [1.807, 2.05) is 6.92 Å². The molecule has 5 nitrogen and oxygen atoms in total. The van der Waals surface area contributed by atoms with Crippen LogP contribution in [0.2, 0.25) is 0 Å². The van der Waals surface area contributed by atoms with Crippen molar-refractivity contribution in [2.75, 3.05) is 17.2 Å². The van der Waals surface area contributed by atoms with Gasteiger partial charge in [-0.2, -0.15) is 13.2 Å². The molecule has 0 amide bonds.